The molecule has 0 aromatic heterocycles. The van der Waals surface area contributed by atoms with Gasteiger partial charge in [0.05, 0.1) is 15.7 Å². The maximum absolute atomic E-state index is 12.9. The number of nitrogens with two attached hydrogens (primary N) is 1. The molecule has 2 aromatic rings. The Balaban J connectivity index is 2.38. The summed E-state index contributed by atoms with van der Waals surface area (Å²) in [6.07, 6.45) is 0. The second-order valence-electron chi connectivity index (χ2n) is 3.51. The van der Waals surface area contributed by atoms with Gasteiger partial charge in [0.1, 0.15) is 17.6 Å². The molecule has 0 aliphatic carbocycles. The number of hydrogen-bond acceptors (Lipinski definition) is 3. The van der Waals surface area contributed by atoms with Gasteiger partial charge in [0.15, 0.2) is 5.75 Å². The topological polar surface area (TPSA) is 59.0 Å². The molecule has 0 saturated carbocycles. The molecule has 3 nitrogen and oxygen atoms in total. The predicted molar refractivity (Wildman–Crippen MR) is 69.7 cm³/mol. The number of nitriles is 1. The Labute approximate surface area is 112 Å². The first-order chi connectivity index (χ1) is 8.61. The molecular weight excluding hydrogens is 299 g/mol. The second-order valence-corrected chi connectivity index (χ2v) is 4.36. The summed E-state index contributed by atoms with van der Waals surface area (Å²) in [5.41, 5.74) is 6.38. The first kappa shape index (κ1) is 12.4. The number of halogens is 2. The Morgan fingerprint density at radius 2 is 2.00 bits per heavy atom. The molecule has 0 fully saturated rings. The molecule has 0 amide bonds. The minimum absolute atomic E-state index is 0.260. The Morgan fingerprint density at radius 3 is 2.67 bits per heavy atom. The zero-order valence-electron chi connectivity index (χ0n) is 9.15. The van der Waals surface area contributed by atoms with E-state index in [9.17, 15) is 4.39 Å². The summed E-state index contributed by atoms with van der Waals surface area (Å²) in [6.45, 7) is 0. The van der Waals surface area contributed by atoms with Gasteiger partial charge in [-0.1, -0.05) is 6.07 Å². The summed E-state index contributed by atoms with van der Waals surface area (Å²) in [6, 6.07) is 10.9. The van der Waals surface area contributed by atoms with E-state index in [1.165, 1.54) is 18.2 Å². The zero-order chi connectivity index (χ0) is 13.1. The minimum atomic E-state index is -0.368. The first-order valence-electron chi connectivity index (χ1n) is 5.03. The highest BCUT2D eigenvalue weighted by molar-refractivity contribution is 9.10. The number of ether oxygens (including phenoxy) is 1. The van der Waals surface area contributed by atoms with Crippen molar-refractivity contribution in [1.29, 1.82) is 5.26 Å². The van der Waals surface area contributed by atoms with Crippen LogP contribution in [0.1, 0.15) is 5.56 Å². The van der Waals surface area contributed by atoms with Gasteiger partial charge >= 0.3 is 0 Å². The summed E-state index contributed by atoms with van der Waals surface area (Å²) in [5.74, 6) is 0.424. The molecule has 2 rings (SSSR count). The molecule has 2 aromatic carbocycles. The van der Waals surface area contributed by atoms with Crippen LogP contribution in [0.3, 0.4) is 0 Å². The van der Waals surface area contributed by atoms with Crippen LogP contribution in [-0.2, 0) is 0 Å². The Hall–Kier alpha value is -2.06. The van der Waals surface area contributed by atoms with E-state index in [0.29, 0.717) is 21.5 Å². The molecule has 90 valence electrons. The lowest BCUT2D eigenvalue weighted by molar-refractivity contribution is 0.479. The molecule has 0 aliphatic heterocycles. The largest absolute Gasteiger partial charge is 0.454 e. The van der Waals surface area contributed by atoms with Crippen molar-refractivity contribution in [3.63, 3.8) is 0 Å². The van der Waals surface area contributed by atoms with Gasteiger partial charge in [0, 0.05) is 0 Å². The van der Waals surface area contributed by atoms with Crippen LogP contribution >= 0.6 is 15.9 Å². The van der Waals surface area contributed by atoms with Crippen molar-refractivity contribution in [2.45, 2.75) is 0 Å². The van der Waals surface area contributed by atoms with Gasteiger partial charge in [-0.05, 0) is 46.3 Å². The van der Waals surface area contributed by atoms with E-state index >= 15 is 0 Å². The highest BCUT2D eigenvalue weighted by atomic mass is 79.9. The molecule has 0 aliphatic rings. The third-order valence-corrected chi connectivity index (χ3v) is 2.92. The Bertz CT molecular complexity index is 637. The van der Waals surface area contributed by atoms with Gasteiger partial charge in [-0.15, -0.1) is 0 Å². The maximum Gasteiger partial charge on any atom is 0.151 e. The molecule has 0 saturated heterocycles. The summed E-state index contributed by atoms with van der Waals surface area (Å²) in [5, 5.41) is 8.86. The Morgan fingerprint density at radius 1 is 1.22 bits per heavy atom. The summed E-state index contributed by atoms with van der Waals surface area (Å²) in [4.78, 5) is 0. The van der Waals surface area contributed by atoms with Crippen LogP contribution in [0.15, 0.2) is 40.9 Å². The standard InChI is InChI=1S/C13H8BrFN2O/c14-10-6-9(15)4-5-11(10)18-12-3-1-2-8(7-16)13(12)17/h1-6H,17H2. The van der Waals surface area contributed by atoms with Crippen molar-refractivity contribution in [2.75, 3.05) is 5.73 Å². The summed E-state index contributed by atoms with van der Waals surface area (Å²) >= 11 is 3.19. The summed E-state index contributed by atoms with van der Waals surface area (Å²) < 4.78 is 19.0. The van der Waals surface area contributed by atoms with Crippen LogP contribution in [0, 0.1) is 17.1 Å². The average molecular weight is 307 g/mol. The monoisotopic (exact) mass is 306 g/mol. The fraction of sp³-hybridized carbons (Fsp3) is 0. The van der Waals surface area contributed by atoms with E-state index in [0.717, 1.165) is 0 Å². The van der Waals surface area contributed by atoms with Gasteiger partial charge in [0.2, 0.25) is 0 Å². The van der Waals surface area contributed by atoms with E-state index in [2.05, 4.69) is 15.9 Å². The molecule has 0 unspecified atom stereocenters. The normalized spacial score (nSPS) is 9.83. The maximum atomic E-state index is 12.9. The number of nitrogens with zero attached hydrogens (tertiary/aromatic N) is 1. The second kappa shape index (κ2) is 5.07. The van der Waals surface area contributed by atoms with Gasteiger partial charge < -0.3 is 10.5 Å². The first-order valence-corrected chi connectivity index (χ1v) is 5.82. The zero-order valence-corrected chi connectivity index (χ0v) is 10.7. The smallest absolute Gasteiger partial charge is 0.151 e. The molecule has 0 bridgehead atoms. The molecule has 0 atom stereocenters. The lowest BCUT2D eigenvalue weighted by atomic mass is 10.2. The van der Waals surface area contributed by atoms with E-state index < -0.39 is 0 Å². The van der Waals surface area contributed by atoms with Crippen LogP contribution in [0.5, 0.6) is 11.5 Å². The number of hydrogen-bond donors (Lipinski definition) is 1. The van der Waals surface area contributed by atoms with Crippen molar-refractivity contribution in [1.82, 2.24) is 0 Å². The number of benzene rings is 2. The lowest BCUT2D eigenvalue weighted by Crippen LogP contribution is -1.95. The van der Waals surface area contributed by atoms with Crippen molar-refractivity contribution < 1.29 is 9.13 Å². The predicted octanol–water partition coefficient (Wildman–Crippen LogP) is 3.83. The van der Waals surface area contributed by atoms with Crippen molar-refractivity contribution >= 4 is 21.6 Å². The number of anilines is 1. The van der Waals surface area contributed by atoms with Gasteiger partial charge in [-0.3, -0.25) is 0 Å². The van der Waals surface area contributed by atoms with Gasteiger partial charge in [-0.25, -0.2) is 4.39 Å². The van der Waals surface area contributed by atoms with E-state index in [-0.39, 0.29) is 11.5 Å². The van der Waals surface area contributed by atoms with Crippen molar-refractivity contribution in [2.24, 2.45) is 0 Å². The molecule has 18 heavy (non-hydrogen) atoms. The van der Waals surface area contributed by atoms with Crippen LogP contribution in [-0.4, -0.2) is 0 Å². The molecule has 5 heteroatoms. The van der Waals surface area contributed by atoms with E-state index in [1.54, 1.807) is 18.2 Å². The third-order valence-electron chi connectivity index (χ3n) is 2.30. The highest BCUT2D eigenvalue weighted by Gasteiger charge is 2.09. The third kappa shape index (κ3) is 2.44. The fourth-order valence-corrected chi connectivity index (χ4v) is 1.84. The van der Waals surface area contributed by atoms with Crippen molar-refractivity contribution in [3.05, 3.63) is 52.3 Å². The van der Waals surface area contributed by atoms with Crippen LogP contribution in [0.2, 0.25) is 0 Å². The van der Waals surface area contributed by atoms with Crippen molar-refractivity contribution in [3.8, 4) is 17.6 Å². The average Bonchev–Trinajstić information content (AvgIpc) is 2.35. The molecule has 0 spiro atoms. The number of rotatable bonds is 2. The minimum Gasteiger partial charge on any atom is -0.454 e. The van der Waals surface area contributed by atoms with E-state index in [1.807, 2.05) is 6.07 Å². The molecular formula is C13H8BrFN2O. The van der Waals surface area contributed by atoms with E-state index in [4.69, 9.17) is 15.7 Å². The lowest BCUT2D eigenvalue weighted by Gasteiger charge is -2.10. The molecule has 0 heterocycles. The summed E-state index contributed by atoms with van der Waals surface area (Å²) in [7, 11) is 0. The van der Waals surface area contributed by atoms with Gasteiger partial charge in [0.25, 0.3) is 0 Å². The SMILES string of the molecule is N#Cc1cccc(Oc2ccc(F)cc2Br)c1N. The van der Waals surface area contributed by atoms with Crippen LogP contribution in [0.25, 0.3) is 0 Å². The number of nitrogen functional groups attached to an aromatic ring is 1. The van der Waals surface area contributed by atoms with Crippen LogP contribution in [0.4, 0.5) is 10.1 Å². The molecule has 0 radical (unpaired) electrons. The van der Waals surface area contributed by atoms with Gasteiger partial charge in [-0.2, -0.15) is 5.26 Å². The molecule has 2 N–H and O–H groups in total. The fourth-order valence-electron chi connectivity index (χ4n) is 1.41. The number of para-hydroxylation sites is 1. The Kier molecular flexibility index (Phi) is 3.49. The quantitative estimate of drug-likeness (QED) is 0.858. The van der Waals surface area contributed by atoms with Crippen LogP contribution < -0.4 is 10.5 Å². The highest BCUT2D eigenvalue weighted by Crippen LogP contribution is 2.34.